The molecule has 1 aromatic heterocycles. The minimum atomic E-state index is 0.545. The van der Waals surface area contributed by atoms with Crippen LogP contribution in [-0.4, -0.2) is 9.55 Å². The number of aromatic nitrogens is 2. The Labute approximate surface area is 117 Å². The maximum atomic E-state index is 6.02. The average Bonchev–Trinajstić information content (AvgIpc) is 2.65. The first-order valence-corrected chi connectivity index (χ1v) is 7.33. The van der Waals surface area contributed by atoms with Crippen LogP contribution in [0, 0.1) is 10.7 Å². The molecule has 1 aromatic carbocycles. The van der Waals surface area contributed by atoms with Crippen LogP contribution in [-0.2, 0) is 0 Å². The minimum absolute atomic E-state index is 0.545. The molecule has 0 unspecified atom stereocenters. The first kappa shape index (κ1) is 12.2. The van der Waals surface area contributed by atoms with E-state index in [1.165, 1.54) is 31.2 Å². The van der Waals surface area contributed by atoms with Gasteiger partial charge in [0.15, 0.2) is 4.77 Å². The molecular formula is C14H17ClN2S. The van der Waals surface area contributed by atoms with Gasteiger partial charge in [0, 0.05) is 11.1 Å². The predicted octanol–water partition coefficient (Wildman–Crippen LogP) is 5.10. The molecule has 1 N–H and O–H groups in total. The second-order valence-electron chi connectivity index (χ2n) is 5.38. The molecule has 0 bridgehead atoms. The third-order valence-corrected chi connectivity index (χ3v) is 4.56. The molecule has 1 aliphatic rings. The number of nitrogens with zero attached hydrogens (tertiary/aromatic N) is 1. The zero-order chi connectivity index (χ0) is 12.7. The van der Waals surface area contributed by atoms with E-state index < -0.39 is 0 Å². The summed E-state index contributed by atoms with van der Waals surface area (Å²) in [5.74, 6) is 0.857. The van der Waals surface area contributed by atoms with Crippen molar-refractivity contribution in [3.63, 3.8) is 0 Å². The van der Waals surface area contributed by atoms with Gasteiger partial charge >= 0.3 is 0 Å². The summed E-state index contributed by atoms with van der Waals surface area (Å²) in [5, 5.41) is 0.753. The number of hydrogen-bond acceptors (Lipinski definition) is 1. The Balaban J connectivity index is 2.06. The van der Waals surface area contributed by atoms with Crippen molar-refractivity contribution in [2.45, 2.75) is 38.6 Å². The molecule has 96 valence electrons. The first-order valence-electron chi connectivity index (χ1n) is 6.55. The zero-order valence-corrected chi connectivity index (χ0v) is 12.0. The van der Waals surface area contributed by atoms with Crippen molar-refractivity contribution in [2.75, 3.05) is 0 Å². The fraction of sp³-hybridized carbons (Fsp3) is 0.500. The lowest BCUT2D eigenvalue weighted by Crippen LogP contribution is -2.16. The molecule has 1 fully saturated rings. The fourth-order valence-corrected chi connectivity index (χ4v) is 3.50. The van der Waals surface area contributed by atoms with E-state index in [4.69, 9.17) is 23.8 Å². The molecule has 0 atom stereocenters. The monoisotopic (exact) mass is 280 g/mol. The molecule has 2 aromatic rings. The van der Waals surface area contributed by atoms with Gasteiger partial charge in [-0.1, -0.05) is 18.5 Å². The summed E-state index contributed by atoms with van der Waals surface area (Å²) in [7, 11) is 0. The topological polar surface area (TPSA) is 20.7 Å². The summed E-state index contributed by atoms with van der Waals surface area (Å²) in [6.07, 6.45) is 5.05. The second kappa shape index (κ2) is 4.71. The number of hydrogen-bond donors (Lipinski definition) is 1. The van der Waals surface area contributed by atoms with Crippen LogP contribution < -0.4 is 0 Å². The Morgan fingerprint density at radius 1 is 1.28 bits per heavy atom. The lowest BCUT2D eigenvalue weighted by Gasteiger charge is -2.27. The summed E-state index contributed by atoms with van der Waals surface area (Å²) in [4.78, 5) is 3.27. The van der Waals surface area contributed by atoms with E-state index in [1.807, 2.05) is 12.1 Å². The molecule has 0 spiro atoms. The second-order valence-corrected chi connectivity index (χ2v) is 6.20. The third-order valence-electron chi connectivity index (χ3n) is 4.03. The molecule has 0 saturated heterocycles. The van der Waals surface area contributed by atoms with Crippen LogP contribution in [0.4, 0.5) is 0 Å². The first-order chi connectivity index (χ1) is 8.65. The summed E-state index contributed by atoms with van der Waals surface area (Å²) < 4.78 is 3.11. The van der Waals surface area contributed by atoms with Crippen LogP contribution in [0.1, 0.15) is 38.6 Å². The number of imidazole rings is 1. The third kappa shape index (κ3) is 2.10. The van der Waals surface area contributed by atoms with E-state index in [1.54, 1.807) is 0 Å². The van der Waals surface area contributed by atoms with Crippen LogP contribution in [0.25, 0.3) is 11.0 Å². The molecule has 2 nitrogen and oxygen atoms in total. The van der Waals surface area contributed by atoms with Gasteiger partial charge in [0.2, 0.25) is 0 Å². The van der Waals surface area contributed by atoms with Gasteiger partial charge in [0.25, 0.3) is 0 Å². The maximum Gasteiger partial charge on any atom is 0.178 e. The van der Waals surface area contributed by atoms with Crippen LogP contribution in [0.5, 0.6) is 0 Å². The molecule has 0 amide bonds. The Hall–Kier alpha value is -0.800. The number of nitrogens with one attached hydrogen (secondary N) is 1. The van der Waals surface area contributed by atoms with Crippen molar-refractivity contribution >= 4 is 34.9 Å². The van der Waals surface area contributed by atoms with Gasteiger partial charge in [-0.3, -0.25) is 0 Å². The Bertz CT molecular complexity index is 620. The molecule has 1 aliphatic carbocycles. The molecule has 1 heterocycles. The van der Waals surface area contributed by atoms with Gasteiger partial charge < -0.3 is 9.55 Å². The van der Waals surface area contributed by atoms with Crippen molar-refractivity contribution in [1.82, 2.24) is 9.55 Å². The number of benzene rings is 1. The standard InChI is InChI=1S/C14H17ClN2S/c1-9-2-5-11(6-3-9)17-13-7-4-10(15)8-12(13)16-14(17)18/h4,7-9,11H,2-3,5-6H2,1H3,(H,16,18). The molecule has 1 saturated carbocycles. The van der Waals surface area contributed by atoms with Gasteiger partial charge in [-0.25, -0.2) is 0 Å². The molecule has 3 rings (SSSR count). The van der Waals surface area contributed by atoms with Crippen molar-refractivity contribution < 1.29 is 0 Å². The number of aromatic amines is 1. The minimum Gasteiger partial charge on any atom is -0.331 e. The quantitative estimate of drug-likeness (QED) is 0.721. The van der Waals surface area contributed by atoms with Crippen molar-refractivity contribution in [2.24, 2.45) is 5.92 Å². The number of halogens is 1. The summed E-state index contributed by atoms with van der Waals surface area (Å²) in [5.41, 5.74) is 2.23. The van der Waals surface area contributed by atoms with E-state index in [2.05, 4.69) is 22.5 Å². The van der Waals surface area contributed by atoms with Crippen LogP contribution in [0.3, 0.4) is 0 Å². The highest BCUT2D eigenvalue weighted by atomic mass is 35.5. The SMILES string of the molecule is CC1CCC(n2c(=S)[nH]c3cc(Cl)ccc32)CC1. The van der Waals surface area contributed by atoms with Crippen molar-refractivity contribution in [3.8, 4) is 0 Å². The number of H-pyrrole nitrogens is 1. The van der Waals surface area contributed by atoms with Gasteiger partial charge in [0.1, 0.15) is 0 Å². The smallest absolute Gasteiger partial charge is 0.178 e. The van der Waals surface area contributed by atoms with E-state index >= 15 is 0 Å². The summed E-state index contributed by atoms with van der Waals surface area (Å²) in [6, 6.07) is 6.51. The van der Waals surface area contributed by atoms with E-state index in [0.29, 0.717) is 6.04 Å². The maximum absolute atomic E-state index is 6.02. The zero-order valence-electron chi connectivity index (χ0n) is 10.4. The fourth-order valence-electron chi connectivity index (χ4n) is 2.97. The van der Waals surface area contributed by atoms with Crippen molar-refractivity contribution in [3.05, 3.63) is 28.0 Å². The highest BCUT2D eigenvalue weighted by Gasteiger charge is 2.21. The Morgan fingerprint density at radius 2 is 2.00 bits per heavy atom. The molecule has 0 radical (unpaired) electrons. The highest BCUT2D eigenvalue weighted by Crippen LogP contribution is 2.34. The largest absolute Gasteiger partial charge is 0.331 e. The molecule has 4 heteroatoms. The van der Waals surface area contributed by atoms with E-state index in [9.17, 15) is 0 Å². The lowest BCUT2D eigenvalue weighted by atomic mass is 9.87. The molecular weight excluding hydrogens is 264 g/mol. The van der Waals surface area contributed by atoms with Crippen LogP contribution >= 0.6 is 23.8 Å². The summed E-state index contributed by atoms with van der Waals surface area (Å²) in [6.45, 7) is 2.34. The van der Waals surface area contributed by atoms with Gasteiger partial charge in [-0.15, -0.1) is 0 Å². The van der Waals surface area contributed by atoms with Gasteiger partial charge in [-0.2, -0.15) is 0 Å². The Morgan fingerprint density at radius 3 is 2.72 bits per heavy atom. The van der Waals surface area contributed by atoms with Gasteiger partial charge in [0.05, 0.1) is 11.0 Å². The molecule has 0 aliphatic heterocycles. The van der Waals surface area contributed by atoms with Crippen LogP contribution in [0.2, 0.25) is 5.02 Å². The summed E-state index contributed by atoms with van der Waals surface area (Å²) >= 11 is 11.5. The van der Waals surface area contributed by atoms with Gasteiger partial charge in [-0.05, 0) is 62.0 Å². The highest BCUT2D eigenvalue weighted by molar-refractivity contribution is 7.71. The average molecular weight is 281 g/mol. The molecule has 18 heavy (non-hydrogen) atoms. The predicted molar refractivity (Wildman–Crippen MR) is 78.8 cm³/mol. The van der Waals surface area contributed by atoms with Crippen molar-refractivity contribution in [1.29, 1.82) is 0 Å². The normalized spacial score (nSPS) is 24.6. The van der Waals surface area contributed by atoms with E-state index in [0.717, 1.165) is 21.2 Å². The lowest BCUT2D eigenvalue weighted by molar-refractivity contribution is 0.292. The van der Waals surface area contributed by atoms with E-state index in [-0.39, 0.29) is 0 Å². The van der Waals surface area contributed by atoms with Crippen LogP contribution in [0.15, 0.2) is 18.2 Å². The number of rotatable bonds is 1. The Kier molecular flexibility index (Phi) is 3.20. The number of fused-ring (bicyclic) bond motifs is 1.